The molecule has 1 unspecified atom stereocenters. The summed E-state index contributed by atoms with van der Waals surface area (Å²) in [5.41, 5.74) is 0. The van der Waals surface area contributed by atoms with E-state index in [2.05, 4.69) is 0 Å². The Morgan fingerprint density at radius 3 is 2.24 bits per heavy atom. The second kappa shape index (κ2) is 7.75. The van der Waals surface area contributed by atoms with Crippen molar-refractivity contribution in [2.24, 2.45) is 11.8 Å². The summed E-state index contributed by atoms with van der Waals surface area (Å²) in [6.45, 7) is 3.68. The van der Waals surface area contributed by atoms with Crippen molar-refractivity contribution in [3.63, 3.8) is 0 Å². The summed E-state index contributed by atoms with van der Waals surface area (Å²) in [7, 11) is 0. The molecule has 0 bridgehead atoms. The Morgan fingerprint density at radius 1 is 1.24 bits per heavy atom. The van der Waals surface area contributed by atoms with Crippen LogP contribution in [0, 0.1) is 11.8 Å². The molecule has 0 aromatic rings. The number of esters is 1. The average molecular weight is 299 g/mol. The van der Waals surface area contributed by atoms with E-state index in [0.29, 0.717) is 25.9 Å². The molecule has 1 aliphatic rings. The van der Waals surface area contributed by atoms with Gasteiger partial charge in [0.05, 0.1) is 6.61 Å². The van der Waals surface area contributed by atoms with E-state index in [1.165, 1.54) is 11.8 Å². The van der Waals surface area contributed by atoms with Crippen LogP contribution in [-0.2, 0) is 19.1 Å². The van der Waals surface area contributed by atoms with Gasteiger partial charge in [-0.05, 0) is 32.6 Å². The largest absolute Gasteiger partial charge is 0.465 e. The first-order valence-electron chi connectivity index (χ1n) is 7.04. The highest BCUT2D eigenvalue weighted by Gasteiger charge is 2.34. The number of piperidine rings is 1. The molecule has 21 heavy (non-hydrogen) atoms. The molecule has 1 atom stereocenters. The van der Waals surface area contributed by atoms with Gasteiger partial charge in [-0.25, -0.2) is 4.79 Å². The van der Waals surface area contributed by atoms with E-state index >= 15 is 0 Å². The number of amides is 1. The second-order valence-electron chi connectivity index (χ2n) is 5.18. The number of ketones is 2. The van der Waals surface area contributed by atoms with E-state index in [1.807, 2.05) is 0 Å². The summed E-state index contributed by atoms with van der Waals surface area (Å²) >= 11 is 0. The highest BCUT2D eigenvalue weighted by molar-refractivity contribution is 6.16. The average Bonchev–Trinajstić information content (AvgIpc) is 2.39. The molecule has 1 aliphatic heterocycles. The van der Waals surface area contributed by atoms with Crippen molar-refractivity contribution >= 4 is 23.6 Å². The maximum atomic E-state index is 12.1. The number of ether oxygens (including phenoxy) is 1. The van der Waals surface area contributed by atoms with E-state index in [-0.39, 0.29) is 18.9 Å². The molecule has 0 radical (unpaired) electrons. The van der Waals surface area contributed by atoms with Gasteiger partial charge in [-0.15, -0.1) is 0 Å². The van der Waals surface area contributed by atoms with Crippen molar-refractivity contribution in [2.75, 3.05) is 19.7 Å². The number of likely N-dealkylation sites (tertiary alicyclic amines) is 1. The van der Waals surface area contributed by atoms with Crippen LogP contribution in [0.2, 0.25) is 0 Å². The van der Waals surface area contributed by atoms with Gasteiger partial charge in [0.15, 0.2) is 17.5 Å². The molecule has 0 aliphatic carbocycles. The van der Waals surface area contributed by atoms with Gasteiger partial charge in [-0.1, -0.05) is 0 Å². The fourth-order valence-corrected chi connectivity index (χ4v) is 2.48. The number of carboxylic acid groups (broad SMARTS) is 1. The standard InChI is InChI=1S/C14H21NO6/c1-3-21-13(18)12(9(2)16)11(17)8-10-4-6-15(7-5-10)14(19)20/h10,12H,3-8H2,1-2H3,(H,19,20). The van der Waals surface area contributed by atoms with Crippen LogP contribution in [0.15, 0.2) is 0 Å². The topological polar surface area (TPSA) is 101 Å². The van der Waals surface area contributed by atoms with E-state index in [0.717, 1.165) is 0 Å². The fraction of sp³-hybridized carbons (Fsp3) is 0.714. The van der Waals surface area contributed by atoms with Gasteiger partial charge in [-0.2, -0.15) is 0 Å². The van der Waals surface area contributed by atoms with Gasteiger partial charge >= 0.3 is 12.1 Å². The van der Waals surface area contributed by atoms with Gasteiger partial charge in [-0.3, -0.25) is 14.4 Å². The zero-order valence-electron chi connectivity index (χ0n) is 12.3. The minimum absolute atomic E-state index is 0.00405. The van der Waals surface area contributed by atoms with Gasteiger partial charge < -0.3 is 14.7 Å². The summed E-state index contributed by atoms with van der Waals surface area (Å²) in [5.74, 6) is -3.08. The predicted molar refractivity (Wildman–Crippen MR) is 72.7 cm³/mol. The third kappa shape index (κ3) is 4.84. The van der Waals surface area contributed by atoms with Crippen LogP contribution in [0.3, 0.4) is 0 Å². The molecule has 1 heterocycles. The maximum absolute atomic E-state index is 12.1. The van der Waals surface area contributed by atoms with Gasteiger partial charge in [0.1, 0.15) is 0 Å². The summed E-state index contributed by atoms with van der Waals surface area (Å²) in [4.78, 5) is 47.4. The van der Waals surface area contributed by atoms with E-state index in [9.17, 15) is 19.2 Å². The Morgan fingerprint density at radius 2 is 1.81 bits per heavy atom. The summed E-state index contributed by atoms with van der Waals surface area (Å²) < 4.78 is 4.76. The third-order valence-corrected chi connectivity index (χ3v) is 3.63. The normalized spacial score (nSPS) is 17.1. The lowest BCUT2D eigenvalue weighted by molar-refractivity contribution is -0.154. The van der Waals surface area contributed by atoms with Crippen molar-refractivity contribution in [3.05, 3.63) is 0 Å². The molecule has 1 fully saturated rings. The molecule has 0 aromatic heterocycles. The molecule has 118 valence electrons. The van der Waals surface area contributed by atoms with Crippen molar-refractivity contribution < 1.29 is 29.0 Å². The van der Waals surface area contributed by atoms with Crippen LogP contribution in [0.4, 0.5) is 4.79 Å². The Hall–Kier alpha value is -1.92. The molecule has 7 nitrogen and oxygen atoms in total. The molecule has 1 saturated heterocycles. The number of carbonyl (C=O) groups is 4. The number of hydrogen-bond donors (Lipinski definition) is 1. The molecule has 1 N–H and O–H groups in total. The lowest BCUT2D eigenvalue weighted by Crippen LogP contribution is -2.39. The monoisotopic (exact) mass is 299 g/mol. The van der Waals surface area contributed by atoms with Crippen molar-refractivity contribution in [1.82, 2.24) is 4.90 Å². The van der Waals surface area contributed by atoms with Crippen LogP contribution in [0.5, 0.6) is 0 Å². The van der Waals surface area contributed by atoms with Crippen LogP contribution in [-0.4, -0.2) is 53.3 Å². The molecule has 0 aromatic carbocycles. The Bertz CT molecular complexity index is 425. The first kappa shape index (κ1) is 17.1. The first-order valence-corrected chi connectivity index (χ1v) is 7.04. The highest BCUT2D eigenvalue weighted by Crippen LogP contribution is 2.23. The molecular weight excluding hydrogens is 278 g/mol. The maximum Gasteiger partial charge on any atom is 0.407 e. The number of carbonyl (C=O) groups excluding carboxylic acids is 3. The van der Waals surface area contributed by atoms with Gasteiger partial charge in [0.2, 0.25) is 0 Å². The molecule has 7 heteroatoms. The first-order chi connectivity index (χ1) is 9.86. The molecular formula is C14H21NO6. The zero-order valence-corrected chi connectivity index (χ0v) is 12.3. The third-order valence-electron chi connectivity index (χ3n) is 3.63. The summed E-state index contributed by atoms with van der Waals surface area (Å²) in [5, 5.41) is 8.85. The quantitative estimate of drug-likeness (QED) is 0.582. The molecule has 1 rings (SSSR count). The van der Waals surface area contributed by atoms with Gasteiger partial charge in [0, 0.05) is 19.5 Å². The van der Waals surface area contributed by atoms with Crippen molar-refractivity contribution in [1.29, 1.82) is 0 Å². The zero-order chi connectivity index (χ0) is 16.0. The van der Waals surface area contributed by atoms with Crippen LogP contribution >= 0.6 is 0 Å². The number of Topliss-reactive ketones (excluding diaryl/α,β-unsaturated/α-hetero) is 2. The van der Waals surface area contributed by atoms with Crippen LogP contribution < -0.4 is 0 Å². The van der Waals surface area contributed by atoms with Crippen molar-refractivity contribution in [3.8, 4) is 0 Å². The number of hydrogen-bond acceptors (Lipinski definition) is 5. The van der Waals surface area contributed by atoms with E-state index in [1.54, 1.807) is 6.92 Å². The number of nitrogens with zero attached hydrogens (tertiary/aromatic N) is 1. The fourth-order valence-electron chi connectivity index (χ4n) is 2.48. The van der Waals surface area contributed by atoms with E-state index in [4.69, 9.17) is 9.84 Å². The molecule has 0 saturated carbocycles. The van der Waals surface area contributed by atoms with Crippen LogP contribution in [0.1, 0.15) is 33.1 Å². The highest BCUT2D eigenvalue weighted by atomic mass is 16.5. The van der Waals surface area contributed by atoms with Gasteiger partial charge in [0.25, 0.3) is 0 Å². The second-order valence-corrected chi connectivity index (χ2v) is 5.18. The molecule has 0 spiro atoms. The molecule has 1 amide bonds. The lowest BCUT2D eigenvalue weighted by Gasteiger charge is -2.29. The van der Waals surface area contributed by atoms with Crippen molar-refractivity contribution in [2.45, 2.75) is 33.1 Å². The minimum Gasteiger partial charge on any atom is -0.465 e. The summed E-state index contributed by atoms with van der Waals surface area (Å²) in [6, 6.07) is 0. The Balaban J connectivity index is 2.57. The number of rotatable bonds is 6. The van der Waals surface area contributed by atoms with Crippen LogP contribution in [0.25, 0.3) is 0 Å². The predicted octanol–water partition coefficient (Wildman–Crippen LogP) is 1.10. The Kier molecular flexibility index (Phi) is 6.33. The summed E-state index contributed by atoms with van der Waals surface area (Å²) in [6.07, 6.45) is 0.265. The smallest absolute Gasteiger partial charge is 0.407 e. The lowest BCUT2D eigenvalue weighted by atomic mass is 9.86. The SMILES string of the molecule is CCOC(=O)C(C(C)=O)C(=O)CC1CCN(C(=O)O)CC1. The van der Waals surface area contributed by atoms with E-state index < -0.39 is 29.5 Å². The minimum atomic E-state index is -1.34. The Labute approximate surface area is 123 Å².